The smallest absolute Gasteiger partial charge is 0.319 e. The largest absolute Gasteiger partial charge is 0.504 e. The van der Waals surface area contributed by atoms with E-state index in [4.69, 9.17) is 9.47 Å². The molecule has 0 fully saturated rings. The van der Waals surface area contributed by atoms with Crippen molar-refractivity contribution < 1.29 is 29.6 Å². The zero-order valence-corrected chi connectivity index (χ0v) is 12.9. The van der Waals surface area contributed by atoms with Crippen LogP contribution in [0.3, 0.4) is 0 Å². The number of hydrogen-bond acceptors (Lipinski definition) is 6. The number of methoxy groups -OCH3 is 1. The van der Waals surface area contributed by atoms with E-state index in [1.54, 1.807) is 31.4 Å². The van der Waals surface area contributed by atoms with E-state index in [0.717, 1.165) is 17.9 Å². The maximum absolute atomic E-state index is 11.7. The van der Waals surface area contributed by atoms with Crippen molar-refractivity contribution in [3.63, 3.8) is 0 Å². The molecule has 0 aromatic heterocycles. The second kappa shape index (κ2) is 7.82. The minimum atomic E-state index is -0.645. The van der Waals surface area contributed by atoms with Gasteiger partial charge in [0.15, 0.2) is 17.2 Å². The lowest BCUT2D eigenvalue weighted by molar-refractivity contribution is 0.247. The summed E-state index contributed by atoms with van der Waals surface area (Å²) in [5.41, 5.74) is 0.136. The topological polar surface area (TPSA) is 120 Å². The lowest BCUT2D eigenvalue weighted by Gasteiger charge is -2.10. The third kappa shape index (κ3) is 4.60. The van der Waals surface area contributed by atoms with Gasteiger partial charge in [0.05, 0.1) is 19.3 Å². The van der Waals surface area contributed by atoms with Gasteiger partial charge < -0.3 is 35.4 Å². The molecule has 2 rings (SSSR count). The Kier molecular flexibility index (Phi) is 5.56. The number of nitrogens with one attached hydrogen (secondary N) is 2. The van der Waals surface area contributed by atoms with Crippen LogP contribution in [0.2, 0.25) is 0 Å². The third-order valence-corrected chi connectivity index (χ3v) is 3.04. The van der Waals surface area contributed by atoms with Crippen LogP contribution in [-0.2, 0) is 0 Å². The average Bonchev–Trinajstić information content (AvgIpc) is 2.57. The van der Waals surface area contributed by atoms with Crippen molar-refractivity contribution in [1.82, 2.24) is 5.32 Å². The Morgan fingerprint density at radius 3 is 2.21 bits per heavy atom. The normalized spacial score (nSPS) is 10.0. The highest BCUT2D eigenvalue weighted by Gasteiger charge is 2.10. The quantitative estimate of drug-likeness (QED) is 0.313. The Balaban J connectivity index is 1.75. The van der Waals surface area contributed by atoms with Gasteiger partial charge in [0, 0.05) is 12.1 Å². The van der Waals surface area contributed by atoms with Crippen LogP contribution in [-0.4, -0.2) is 41.6 Å². The molecule has 0 spiro atoms. The molecule has 0 radical (unpaired) electrons. The van der Waals surface area contributed by atoms with Crippen LogP contribution in [0.1, 0.15) is 0 Å². The zero-order valence-electron chi connectivity index (χ0n) is 12.9. The monoisotopic (exact) mass is 334 g/mol. The highest BCUT2D eigenvalue weighted by Crippen LogP contribution is 2.37. The number of amides is 2. The summed E-state index contributed by atoms with van der Waals surface area (Å²) in [6.45, 7) is 0.500. The van der Waals surface area contributed by atoms with Gasteiger partial charge >= 0.3 is 6.03 Å². The van der Waals surface area contributed by atoms with Crippen LogP contribution < -0.4 is 20.1 Å². The van der Waals surface area contributed by atoms with E-state index in [2.05, 4.69) is 10.6 Å². The first-order chi connectivity index (χ1) is 11.5. The third-order valence-electron chi connectivity index (χ3n) is 3.04. The molecule has 5 N–H and O–H groups in total. The lowest BCUT2D eigenvalue weighted by atomic mass is 10.2. The van der Waals surface area contributed by atoms with Crippen LogP contribution in [0.25, 0.3) is 0 Å². The summed E-state index contributed by atoms with van der Waals surface area (Å²) in [6, 6.07) is 8.71. The number of carbonyl (C=O) groups is 1. The van der Waals surface area contributed by atoms with Crippen molar-refractivity contribution in [2.24, 2.45) is 0 Å². The summed E-state index contributed by atoms with van der Waals surface area (Å²) in [5.74, 6) is -0.346. The first-order valence-electron chi connectivity index (χ1n) is 7.06. The summed E-state index contributed by atoms with van der Waals surface area (Å²) >= 11 is 0. The number of urea groups is 1. The number of benzene rings is 2. The maximum atomic E-state index is 11.7. The predicted molar refractivity (Wildman–Crippen MR) is 86.9 cm³/mol. The number of anilines is 1. The molecule has 2 amide bonds. The summed E-state index contributed by atoms with van der Waals surface area (Å²) in [4.78, 5) is 11.7. The van der Waals surface area contributed by atoms with Gasteiger partial charge in [-0.2, -0.15) is 0 Å². The number of hydrogen-bond donors (Lipinski definition) is 5. The van der Waals surface area contributed by atoms with Crippen molar-refractivity contribution in [2.45, 2.75) is 0 Å². The molecule has 0 unspecified atom stereocenters. The van der Waals surface area contributed by atoms with E-state index in [9.17, 15) is 20.1 Å². The summed E-state index contributed by atoms with van der Waals surface area (Å²) in [7, 11) is 1.58. The van der Waals surface area contributed by atoms with E-state index < -0.39 is 23.3 Å². The van der Waals surface area contributed by atoms with E-state index in [1.807, 2.05) is 0 Å². The molecule has 2 aromatic carbocycles. The van der Waals surface area contributed by atoms with Gasteiger partial charge in [0.2, 0.25) is 0 Å². The van der Waals surface area contributed by atoms with Crippen molar-refractivity contribution in [2.75, 3.05) is 25.6 Å². The Labute approximate surface area is 138 Å². The average molecular weight is 334 g/mol. The van der Waals surface area contributed by atoms with Crippen LogP contribution in [0.4, 0.5) is 10.5 Å². The summed E-state index contributed by atoms with van der Waals surface area (Å²) in [6.07, 6.45) is 0. The summed E-state index contributed by atoms with van der Waals surface area (Å²) in [5, 5.41) is 32.9. The fraction of sp³-hybridized carbons (Fsp3) is 0.188. The van der Waals surface area contributed by atoms with E-state index >= 15 is 0 Å². The number of phenolic OH excluding ortho intramolecular Hbond substituents is 3. The predicted octanol–water partition coefficient (Wildman–Crippen LogP) is 2.01. The van der Waals surface area contributed by atoms with Crippen molar-refractivity contribution in [3.8, 4) is 28.7 Å². The number of phenols is 3. The molecule has 0 aliphatic rings. The molecule has 0 aliphatic heterocycles. The van der Waals surface area contributed by atoms with Gasteiger partial charge in [-0.3, -0.25) is 0 Å². The van der Waals surface area contributed by atoms with Crippen molar-refractivity contribution in [3.05, 3.63) is 36.4 Å². The van der Waals surface area contributed by atoms with E-state index in [1.165, 1.54) is 0 Å². The maximum Gasteiger partial charge on any atom is 0.319 e. The molecule has 0 saturated carbocycles. The fourth-order valence-electron chi connectivity index (χ4n) is 1.86. The molecule has 8 heteroatoms. The summed E-state index contributed by atoms with van der Waals surface area (Å²) < 4.78 is 10.5. The van der Waals surface area contributed by atoms with Crippen LogP contribution in [0.15, 0.2) is 36.4 Å². The van der Waals surface area contributed by atoms with Gasteiger partial charge in [-0.05, 0) is 24.3 Å². The standard InChI is InChI=1S/C16H18N2O6/c1-23-11-2-4-12(5-3-11)24-7-6-17-16(22)18-10-8-13(19)15(21)14(20)9-10/h2-5,8-9,19-21H,6-7H2,1H3,(H2,17,18,22). The second-order valence-electron chi connectivity index (χ2n) is 4.77. The van der Waals surface area contributed by atoms with E-state index in [0.29, 0.717) is 5.75 Å². The Morgan fingerprint density at radius 2 is 1.62 bits per heavy atom. The van der Waals surface area contributed by atoms with Crippen LogP contribution >= 0.6 is 0 Å². The molecule has 8 nitrogen and oxygen atoms in total. The Morgan fingerprint density at radius 1 is 1.04 bits per heavy atom. The first-order valence-corrected chi connectivity index (χ1v) is 7.06. The number of ether oxygens (including phenoxy) is 2. The first kappa shape index (κ1) is 17.1. The Bertz CT molecular complexity index is 679. The number of rotatable bonds is 6. The lowest BCUT2D eigenvalue weighted by Crippen LogP contribution is -2.32. The molecule has 24 heavy (non-hydrogen) atoms. The molecule has 0 aliphatic carbocycles. The minimum Gasteiger partial charge on any atom is -0.504 e. The number of carbonyl (C=O) groups excluding carboxylic acids is 1. The second-order valence-corrected chi connectivity index (χ2v) is 4.77. The van der Waals surface area contributed by atoms with Gasteiger partial charge in [-0.25, -0.2) is 4.79 Å². The SMILES string of the molecule is COc1ccc(OCCNC(=O)Nc2cc(O)c(O)c(O)c2)cc1. The van der Waals surface area contributed by atoms with Gasteiger partial charge in [-0.1, -0.05) is 0 Å². The Hall–Kier alpha value is -3.29. The highest BCUT2D eigenvalue weighted by molar-refractivity contribution is 5.90. The fourth-order valence-corrected chi connectivity index (χ4v) is 1.86. The highest BCUT2D eigenvalue weighted by atomic mass is 16.5. The van der Waals surface area contributed by atoms with Gasteiger partial charge in [0.25, 0.3) is 0 Å². The van der Waals surface area contributed by atoms with Crippen LogP contribution in [0, 0.1) is 0 Å². The molecule has 0 saturated heterocycles. The minimum absolute atomic E-state index is 0.136. The zero-order chi connectivity index (χ0) is 17.5. The molecule has 0 atom stereocenters. The van der Waals surface area contributed by atoms with Crippen LogP contribution in [0.5, 0.6) is 28.7 Å². The van der Waals surface area contributed by atoms with Crippen molar-refractivity contribution >= 4 is 11.7 Å². The van der Waals surface area contributed by atoms with Gasteiger partial charge in [-0.15, -0.1) is 0 Å². The van der Waals surface area contributed by atoms with Gasteiger partial charge in [0.1, 0.15) is 18.1 Å². The molecular weight excluding hydrogens is 316 g/mol. The molecule has 128 valence electrons. The molecule has 2 aromatic rings. The molecule has 0 heterocycles. The van der Waals surface area contributed by atoms with Crippen molar-refractivity contribution in [1.29, 1.82) is 0 Å². The molecular formula is C16H18N2O6. The van der Waals surface area contributed by atoms with E-state index in [-0.39, 0.29) is 18.8 Å². The molecule has 0 bridgehead atoms. The number of aromatic hydroxyl groups is 3.